The van der Waals surface area contributed by atoms with Gasteiger partial charge < -0.3 is 15.1 Å². The van der Waals surface area contributed by atoms with Crippen molar-refractivity contribution in [1.29, 1.82) is 0 Å². The van der Waals surface area contributed by atoms with Crippen molar-refractivity contribution in [2.45, 2.75) is 88.9 Å². The van der Waals surface area contributed by atoms with Crippen LogP contribution in [0.4, 0.5) is 30.7 Å². The van der Waals surface area contributed by atoms with Crippen molar-refractivity contribution < 1.29 is 49.4 Å². The standard InChI is InChI=1S/C28H28F7N9O4/c1-13-40-41-19(47-13)10-26(9-17(28(33,34)35)38-24(26)46)8-14-7-18-37-16(12-44(18)36-11-14)20(15-3-5-27(31,32)6-4-15)39-23(45)21-22(25(2,29)30)43-48-42-21/h7,11-12,15,17,20H,3-6,8-10H2,1-2H3,(H,38,46)(H,39,45)/t17-,20-,26-/m0/s1. The second-order valence-corrected chi connectivity index (χ2v) is 12.4. The Kier molecular flexibility index (Phi) is 8.17. The number of rotatable bonds is 9. The maximum Gasteiger partial charge on any atom is 0.408 e. The summed E-state index contributed by atoms with van der Waals surface area (Å²) < 4.78 is 108. The summed E-state index contributed by atoms with van der Waals surface area (Å²) in [6.07, 6.45) is -4.12. The van der Waals surface area contributed by atoms with Gasteiger partial charge in [0.1, 0.15) is 6.04 Å². The smallest absolute Gasteiger partial charge is 0.408 e. The van der Waals surface area contributed by atoms with E-state index in [4.69, 9.17) is 4.42 Å². The lowest BCUT2D eigenvalue weighted by atomic mass is 9.76. The fourth-order valence-electron chi connectivity index (χ4n) is 6.34. The van der Waals surface area contributed by atoms with Gasteiger partial charge in [0.15, 0.2) is 11.3 Å². The molecule has 0 spiro atoms. The van der Waals surface area contributed by atoms with Crippen LogP contribution in [0, 0.1) is 18.3 Å². The first-order chi connectivity index (χ1) is 22.4. The van der Waals surface area contributed by atoms with Crippen molar-refractivity contribution in [3.05, 3.63) is 52.9 Å². The number of alkyl halides is 7. The largest absolute Gasteiger partial charge is 0.426 e. The van der Waals surface area contributed by atoms with Crippen molar-refractivity contribution in [3.8, 4) is 0 Å². The molecule has 48 heavy (non-hydrogen) atoms. The van der Waals surface area contributed by atoms with E-state index >= 15 is 0 Å². The van der Waals surface area contributed by atoms with Gasteiger partial charge in [-0.2, -0.15) is 27.1 Å². The van der Waals surface area contributed by atoms with E-state index in [1.54, 1.807) is 0 Å². The van der Waals surface area contributed by atoms with Crippen molar-refractivity contribution in [1.82, 2.24) is 45.7 Å². The van der Waals surface area contributed by atoms with Gasteiger partial charge in [0, 0.05) is 33.1 Å². The maximum absolute atomic E-state index is 14.0. The zero-order valence-electron chi connectivity index (χ0n) is 25.3. The van der Waals surface area contributed by atoms with Gasteiger partial charge in [0.05, 0.1) is 29.5 Å². The molecule has 0 aromatic carbocycles. The van der Waals surface area contributed by atoms with Crippen LogP contribution < -0.4 is 10.6 Å². The molecular weight excluding hydrogens is 659 g/mol. The second kappa shape index (κ2) is 11.8. The fraction of sp³-hybridized carbons (Fsp3) is 0.571. The molecule has 1 aliphatic carbocycles. The number of amides is 2. The normalized spacial score (nSPS) is 22.6. The van der Waals surface area contributed by atoms with Gasteiger partial charge in [-0.25, -0.2) is 22.9 Å². The predicted molar refractivity (Wildman–Crippen MR) is 145 cm³/mol. The summed E-state index contributed by atoms with van der Waals surface area (Å²) in [5.41, 5.74) is -2.80. The van der Waals surface area contributed by atoms with E-state index in [0.717, 1.165) is 0 Å². The molecule has 0 bridgehead atoms. The molecule has 1 saturated heterocycles. The molecule has 20 heteroatoms. The molecule has 1 aliphatic heterocycles. The van der Waals surface area contributed by atoms with Crippen LogP contribution in [0.25, 0.3) is 5.65 Å². The molecule has 258 valence electrons. The summed E-state index contributed by atoms with van der Waals surface area (Å²) in [4.78, 5) is 30.8. The summed E-state index contributed by atoms with van der Waals surface area (Å²) in [7, 11) is 0. The van der Waals surface area contributed by atoms with E-state index in [1.165, 1.54) is 29.9 Å². The summed E-state index contributed by atoms with van der Waals surface area (Å²) in [6.45, 7) is 2.00. The van der Waals surface area contributed by atoms with E-state index in [1.807, 2.05) is 5.32 Å². The number of aryl methyl sites for hydroxylation is 1. The van der Waals surface area contributed by atoms with Crippen LogP contribution in [0.15, 0.2) is 27.5 Å². The van der Waals surface area contributed by atoms with Crippen molar-refractivity contribution in [2.24, 2.45) is 11.3 Å². The van der Waals surface area contributed by atoms with Gasteiger partial charge in [-0.3, -0.25) is 9.59 Å². The molecule has 3 atom stereocenters. The number of carbonyl (C=O) groups excluding carboxylic acids is 2. The number of imidazole rings is 1. The minimum absolute atomic E-state index is 0.0226. The average molecular weight is 688 g/mol. The van der Waals surface area contributed by atoms with E-state index in [0.29, 0.717) is 12.5 Å². The van der Waals surface area contributed by atoms with Gasteiger partial charge in [0.25, 0.3) is 11.8 Å². The maximum atomic E-state index is 14.0. The van der Waals surface area contributed by atoms with Crippen molar-refractivity contribution in [3.63, 3.8) is 0 Å². The lowest BCUT2D eigenvalue weighted by Gasteiger charge is -2.33. The minimum atomic E-state index is -4.71. The third kappa shape index (κ3) is 6.69. The first-order valence-electron chi connectivity index (χ1n) is 14.8. The molecule has 6 rings (SSSR count). The van der Waals surface area contributed by atoms with E-state index in [2.05, 4.69) is 40.5 Å². The van der Waals surface area contributed by atoms with Crippen LogP contribution in [0.3, 0.4) is 0 Å². The highest BCUT2D eigenvalue weighted by Gasteiger charge is 2.56. The van der Waals surface area contributed by atoms with E-state index in [-0.39, 0.29) is 48.8 Å². The number of halogens is 7. The van der Waals surface area contributed by atoms with Crippen LogP contribution in [0.2, 0.25) is 0 Å². The Hall–Kier alpha value is -4.65. The van der Waals surface area contributed by atoms with Crippen LogP contribution in [0.1, 0.15) is 84.3 Å². The van der Waals surface area contributed by atoms with Crippen LogP contribution in [-0.4, -0.2) is 65.1 Å². The third-order valence-electron chi connectivity index (χ3n) is 8.73. The highest BCUT2D eigenvalue weighted by Crippen LogP contribution is 2.43. The molecule has 4 aromatic rings. The SMILES string of the molecule is Cc1nnc(C[C@]2(Cc3cnn4cc([C@@H](NC(=O)c5nonc5C(C)(F)F)C5CCC(F)(F)CC5)nc4c3)C[C@@H](C(F)(F)F)NC2=O)o1. The molecule has 2 fully saturated rings. The Morgan fingerprint density at radius 2 is 1.88 bits per heavy atom. The van der Waals surface area contributed by atoms with Gasteiger partial charge in [-0.1, -0.05) is 0 Å². The lowest BCUT2D eigenvalue weighted by Crippen LogP contribution is -2.39. The Morgan fingerprint density at radius 3 is 2.50 bits per heavy atom. The number of hydrogen-bond acceptors (Lipinski definition) is 10. The Bertz CT molecular complexity index is 1820. The summed E-state index contributed by atoms with van der Waals surface area (Å²) in [5, 5.41) is 22.9. The van der Waals surface area contributed by atoms with Gasteiger partial charge in [0.2, 0.25) is 29.3 Å². The fourth-order valence-corrected chi connectivity index (χ4v) is 6.34. The molecule has 13 nitrogen and oxygen atoms in total. The monoisotopic (exact) mass is 687 g/mol. The highest BCUT2D eigenvalue weighted by molar-refractivity contribution is 5.93. The quantitative estimate of drug-likeness (QED) is 0.240. The summed E-state index contributed by atoms with van der Waals surface area (Å²) in [6, 6.07) is -1.69. The van der Waals surface area contributed by atoms with Crippen LogP contribution >= 0.6 is 0 Å². The predicted octanol–water partition coefficient (Wildman–Crippen LogP) is 4.43. The Labute approximate surface area is 266 Å². The number of fused-ring (bicyclic) bond motifs is 1. The number of aromatic nitrogens is 7. The Morgan fingerprint density at radius 1 is 1.15 bits per heavy atom. The molecule has 1 saturated carbocycles. The Balaban J connectivity index is 1.31. The van der Waals surface area contributed by atoms with Crippen LogP contribution in [-0.2, 0) is 23.6 Å². The molecule has 4 aromatic heterocycles. The minimum Gasteiger partial charge on any atom is -0.426 e. The van der Waals surface area contributed by atoms with Crippen LogP contribution in [0.5, 0.6) is 0 Å². The van der Waals surface area contributed by atoms with E-state index in [9.17, 15) is 40.3 Å². The molecule has 2 N–H and O–H groups in total. The molecule has 2 amide bonds. The highest BCUT2D eigenvalue weighted by atomic mass is 19.4. The zero-order chi connectivity index (χ0) is 34.6. The molecule has 0 radical (unpaired) electrons. The number of nitrogens with zero attached hydrogens (tertiary/aromatic N) is 7. The van der Waals surface area contributed by atoms with Crippen molar-refractivity contribution >= 4 is 17.5 Å². The van der Waals surface area contributed by atoms with Gasteiger partial charge in [-0.05, 0) is 53.5 Å². The average Bonchev–Trinajstić information content (AvgIpc) is 3.78. The van der Waals surface area contributed by atoms with Gasteiger partial charge >= 0.3 is 6.18 Å². The first-order valence-corrected chi connectivity index (χ1v) is 14.8. The lowest BCUT2D eigenvalue weighted by molar-refractivity contribution is -0.155. The van der Waals surface area contributed by atoms with Crippen molar-refractivity contribution in [2.75, 3.05) is 0 Å². The summed E-state index contributed by atoms with van der Waals surface area (Å²) in [5.74, 6) is -8.89. The second-order valence-electron chi connectivity index (χ2n) is 12.4. The number of hydrogen-bond donors (Lipinski definition) is 2. The molecule has 0 unspecified atom stereocenters. The molecule has 5 heterocycles. The molecule has 2 aliphatic rings. The topological polar surface area (TPSA) is 166 Å². The zero-order valence-corrected chi connectivity index (χ0v) is 25.3. The first kappa shape index (κ1) is 33.3. The third-order valence-corrected chi connectivity index (χ3v) is 8.73. The number of nitrogens with one attached hydrogen (secondary N) is 2. The van der Waals surface area contributed by atoms with E-state index < -0.39 is 83.9 Å². The summed E-state index contributed by atoms with van der Waals surface area (Å²) >= 11 is 0. The number of carbonyl (C=O) groups is 2. The van der Waals surface area contributed by atoms with Gasteiger partial charge in [-0.15, -0.1) is 10.2 Å². The molecular formula is C28H28F7N9O4.